The molecule has 3 fully saturated rings. The van der Waals surface area contributed by atoms with E-state index in [9.17, 15) is 5.11 Å². The summed E-state index contributed by atoms with van der Waals surface area (Å²) in [4.78, 5) is 0. The first-order valence-corrected chi connectivity index (χ1v) is 14.5. The second-order valence-corrected chi connectivity index (χ2v) is 12.7. The Balaban J connectivity index is 1.50. The van der Waals surface area contributed by atoms with E-state index in [0.29, 0.717) is 5.92 Å². The van der Waals surface area contributed by atoms with Gasteiger partial charge in [0.15, 0.2) is 6.29 Å². The average Bonchev–Trinajstić information content (AvgIpc) is 3.17. The molecule has 1 aromatic carbocycles. The molecule has 1 N–H and O–H groups in total. The van der Waals surface area contributed by atoms with Crippen LogP contribution in [0.25, 0.3) is 0 Å². The highest BCUT2D eigenvalue weighted by molar-refractivity contribution is 5.44. The predicted octanol–water partition coefficient (Wildman–Crippen LogP) is 7.16. The van der Waals surface area contributed by atoms with Gasteiger partial charge in [0, 0.05) is 12.5 Å². The number of methoxy groups -OCH3 is 1. The number of benzene rings is 1. The lowest BCUT2D eigenvalue weighted by atomic mass is 9.43. The highest BCUT2D eigenvalue weighted by atomic mass is 16.7. The van der Waals surface area contributed by atoms with E-state index in [2.05, 4.69) is 39.0 Å². The number of rotatable bonds is 8. The second-order valence-electron chi connectivity index (χ2n) is 12.7. The summed E-state index contributed by atoms with van der Waals surface area (Å²) < 4.78 is 18.3. The van der Waals surface area contributed by atoms with Gasteiger partial charge in [0.05, 0.1) is 18.8 Å². The Bertz CT molecular complexity index is 879. The van der Waals surface area contributed by atoms with Crippen LogP contribution in [0, 0.1) is 16.7 Å². The largest absolute Gasteiger partial charge is 0.497 e. The van der Waals surface area contributed by atoms with Crippen molar-refractivity contribution in [2.75, 3.05) is 13.7 Å². The number of unbranched alkanes of at least 4 members (excludes halogenated alkanes) is 3. The van der Waals surface area contributed by atoms with Gasteiger partial charge >= 0.3 is 0 Å². The number of fused-ring (bicyclic) bond motifs is 5. The van der Waals surface area contributed by atoms with Crippen LogP contribution >= 0.6 is 0 Å². The van der Waals surface area contributed by atoms with Crippen LogP contribution in [0.4, 0.5) is 0 Å². The van der Waals surface area contributed by atoms with Crippen LogP contribution in [0.15, 0.2) is 18.2 Å². The Hall–Kier alpha value is -1.10. The van der Waals surface area contributed by atoms with Crippen LogP contribution < -0.4 is 4.74 Å². The van der Waals surface area contributed by atoms with E-state index in [4.69, 9.17) is 14.2 Å². The molecule has 2 saturated carbocycles. The molecule has 4 nitrogen and oxygen atoms in total. The number of ether oxygens (including phenoxy) is 3. The molecule has 1 heterocycles. The van der Waals surface area contributed by atoms with Gasteiger partial charge in [-0.25, -0.2) is 0 Å². The Morgan fingerprint density at radius 1 is 1.06 bits per heavy atom. The molecule has 0 bridgehead atoms. The lowest BCUT2D eigenvalue weighted by Gasteiger charge is -2.63. The molecule has 0 aromatic heterocycles. The zero-order chi connectivity index (χ0) is 24.7. The summed E-state index contributed by atoms with van der Waals surface area (Å²) >= 11 is 0. The third kappa shape index (κ3) is 4.46. The quantitative estimate of drug-likeness (QED) is 0.398. The van der Waals surface area contributed by atoms with Gasteiger partial charge in [-0.2, -0.15) is 0 Å². The molecule has 5 rings (SSSR count). The van der Waals surface area contributed by atoms with Crippen molar-refractivity contribution in [1.82, 2.24) is 0 Å². The molecule has 196 valence electrons. The molecular formula is C31H48O4. The Kier molecular flexibility index (Phi) is 7.29. The van der Waals surface area contributed by atoms with Gasteiger partial charge in [0.25, 0.3) is 0 Å². The van der Waals surface area contributed by atoms with E-state index in [0.717, 1.165) is 63.7 Å². The van der Waals surface area contributed by atoms with Gasteiger partial charge in [0.1, 0.15) is 5.75 Å². The molecule has 3 aliphatic carbocycles. The maximum absolute atomic E-state index is 12.7. The van der Waals surface area contributed by atoms with Crippen LogP contribution in [-0.4, -0.2) is 36.8 Å². The van der Waals surface area contributed by atoms with Gasteiger partial charge in [-0.1, -0.05) is 52.5 Å². The number of hydrogen-bond donors (Lipinski definition) is 1. The summed E-state index contributed by atoms with van der Waals surface area (Å²) in [6.45, 7) is 8.03. The lowest BCUT2D eigenvalue weighted by Crippen LogP contribution is -2.61. The summed E-state index contributed by atoms with van der Waals surface area (Å²) in [7, 11) is 1.75. The topological polar surface area (TPSA) is 47.9 Å². The fourth-order valence-corrected chi connectivity index (χ4v) is 8.99. The summed E-state index contributed by atoms with van der Waals surface area (Å²) in [6.07, 6.45) is 14.4. The Morgan fingerprint density at radius 3 is 2.66 bits per heavy atom. The standard InChI is InChI=1S/C31H48O4/c1-5-6-7-9-17-31(32)21-30(3)25(14-15-26(30)35-27-11-8-10-19-34-27)29(2)18-16-22-20-23(33-4)12-13-24(22)28(29)31/h12-13,20,25-28,32H,5-11,14-19,21H2,1-4H3/t25-,26-,27?,28-,29-,30-,31+/m0/s1. The van der Waals surface area contributed by atoms with Crippen LogP contribution in [0.1, 0.15) is 115 Å². The molecule has 7 atom stereocenters. The van der Waals surface area contributed by atoms with Crippen molar-refractivity contribution in [3.8, 4) is 5.75 Å². The van der Waals surface area contributed by atoms with E-state index in [1.54, 1.807) is 7.11 Å². The maximum atomic E-state index is 12.7. The van der Waals surface area contributed by atoms with Crippen molar-refractivity contribution in [2.45, 2.75) is 128 Å². The average molecular weight is 485 g/mol. The minimum Gasteiger partial charge on any atom is -0.497 e. The second kappa shape index (κ2) is 9.99. The highest BCUT2D eigenvalue weighted by Gasteiger charge is 2.67. The molecule has 0 radical (unpaired) electrons. The summed E-state index contributed by atoms with van der Waals surface area (Å²) in [5, 5.41) is 12.7. The molecule has 1 saturated heterocycles. The molecule has 4 heteroatoms. The molecule has 0 amide bonds. The highest BCUT2D eigenvalue weighted by Crippen LogP contribution is 2.70. The monoisotopic (exact) mass is 484 g/mol. The van der Waals surface area contributed by atoms with Crippen molar-refractivity contribution in [3.05, 3.63) is 29.3 Å². The number of hydrogen-bond acceptors (Lipinski definition) is 4. The fourth-order valence-electron chi connectivity index (χ4n) is 8.99. The van der Waals surface area contributed by atoms with Crippen LogP contribution in [0.2, 0.25) is 0 Å². The van der Waals surface area contributed by atoms with Crippen molar-refractivity contribution < 1.29 is 19.3 Å². The third-order valence-electron chi connectivity index (χ3n) is 10.4. The summed E-state index contributed by atoms with van der Waals surface area (Å²) in [6, 6.07) is 6.60. The van der Waals surface area contributed by atoms with Crippen molar-refractivity contribution in [1.29, 1.82) is 0 Å². The van der Waals surface area contributed by atoms with E-state index >= 15 is 0 Å². The van der Waals surface area contributed by atoms with Crippen LogP contribution in [0.5, 0.6) is 5.75 Å². The number of aliphatic hydroxyl groups is 1. The molecular weight excluding hydrogens is 436 g/mol. The minimum atomic E-state index is -0.711. The molecule has 35 heavy (non-hydrogen) atoms. The molecule has 1 aliphatic heterocycles. The first-order valence-electron chi connectivity index (χ1n) is 14.5. The minimum absolute atomic E-state index is 0.0183. The van der Waals surface area contributed by atoms with Gasteiger partial charge in [-0.3, -0.25) is 0 Å². The molecule has 1 aromatic rings. The van der Waals surface area contributed by atoms with Gasteiger partial charge < -0.3 is 19.3 Å². The molecule has 1 unspecified atom stereocenters. The summed E-state index contributed by atoms with van der Waals surface area (Å²) in [5.74, 6) is 1.66. The van der Waals surface area contributed by atoms with Crippen LogP contribution in [-0.2, 0) is 15.9 Å². The van der Waals surface area contributed by atoms with Gasteiger partial charge in [0.2, 0.25) is 0 Å². The SMILES string of the molecule is CCCCCC[C@@]1(O)C[C@@]2(C)[C@@H](CC[C@@H]2OC2CCCCO2)[C@]2(C)CCc3cc(OC)ccc3[C@H]12. The van der Waals surface area contributed by atoms with E-state index in [1.165, 1.54) is 43.2 Å². The van der Waals surface area contributed by atoms with E-state index in [-0.39, 0.29) is 29.1 Å². The zero-order valence-corrected chi connectivity index (χ0v) is 22.6. The fraction of sp³-hybridized carbons (Fsp3) is 0.806. The van der Waals surface area contributed by atoms with Crippen LogP contribution in [0.3, 0.4) is 0 Å². The first kappa shape index (κ1) is 25.5. The van der Waals surface area contributed by atoms with E-state index < -0.39 is 5.60 Å². The smallest absolute Gasteiger partial charge is 0.157 e. The summed E-state index contributed by atoms with van der Waals surface area (Å²) in [5.41, 5.74) is 2.09. The third-order valence-corrected chi connectivity index (χ3v) is 10.4. The van der Waals surface area contributed by atoms with Gasteiger partial charge in [-0.05, 0) is 97.8 Å². The molecule has 4 aliphatic rings. The Morgan fingerprint density at radius 2 is 1.91 bits per heavy atom. The first-order chi connectivity index (χ1) is 16.8. The zero-order valence-electron chi connectivity index (χ0n) is 22.6. The van der Waals surface area contributed by atoms with Crippen molar-refractivity contribution in [2.24, 2.45) is 16.7 Å². The Labute approximate surface area is 213 Å². The van der Waals surface area contributed by atoms with Crippen molar-refractivity contribution >= 4 is 0 Å². The number of aryl methyl sites for hydroxylation is 1. The molecule has 0 spiro atoms. The maximum Gasteiger partial charge on any atom is 0.157 e. The predicted molar refractivity (Wildman–Crippen MR) is 140 cm³/mol. The van der Waals surface area contributed by atoms with E-state index in [1.807, 2.05) is 0 Å². The van der Waals surface area contributed by atoms with Crippen molar-refractivity contribution in [3.63, 3.8) is 0 Å². The normalized spacial score (nSPS) is 40.6. The lowest BCUT2D eigenvalue weighted by molar-refractivity contribution is -0.236. The van der Waals surface area contributed by atoms with Gasteiger partial charge in [-0.15, -0.1) is 0 Å².